The van der Waals surface area contributed by atoms with Crippen LogP contribution in [0.3, 0.4) is 0 Å². The van der Waals surface area contributed by atoms with E-state index in [1.165, 1.54) is 51.0 Å². The van der Waals surface area contributed by atoms with Gasteiger partial charge in [-0.1, -0.05) is 39.0 Å². The van der Waals surface area contributed by atoms with Crippen molar-refractivity contribution >= 4 is 16.8 Å². The van der Waals surface area contributed by atoms with E-state index in [1.54, 1.807) is 0 Å². The lowest BCUT2D eigenvalue weighted by Gasteiger charge is -2.26. The molecule has 148 valence electrons. The molecule has 0 saturated carbocycles. The van der Waals surface area contributed by atoms with Gasteiger partial charge in [0.25, 0.3) is 0 Å². The second-order valence-electron chi connectivity index (χ2n) is 6.79. The van der Waals surface area contributed by atoms with E-state index in [0.29, 0.717) is 6.10 Å². The van der Waals surface area contributed by atoms with Crippen molar-refractivity contribution in [1.82, 2.24) is 0 Å². The summed E-state index contributed by atoms with van der Waals surface area (Å²) in [6, 6.07) is 3.31. The molecular formula is C21H27FO5. The van der Waals surface area contributed by atoms with Gasteiger partial charge in [-0.15, -0.1) is 0 Å². The zero-order chi connectivity index (χ0) is 19.8. The Kier molecular flexibility index (Phi) is 7.98. The monoisotopic (exact) mass is 378 g/mol. The Morgan fingerprint density at radius 2 is 1.96 bits per heavy atom. The van der Waals surface area contributed by atoms with Crippen molar-refractivity contribution in [2.45, 2.75) is 64.9 Å². The van der Waals surface area contributed by atoms with Crippen LogP contribution in [0.15, 0.2) is 27.4 Å². The molecule has 1 N–H and O–H groups in total. The van der Waals surface area contributed by atoms with Gasteiger partial charge < -0.3 is 14.3 Å². The molecule has 0 aliphatic carbocycles. The van der Waals surface area contributed by atoms with Crippen molar-refractivity contribution in [3.63, 3.8) is 0 Å². The normalized spacial score (nSPS) is 15.7. The number of ketones is 1. The molecular weight excluding hydrogens is 351 g/mol. The lowest BCUT2D eigenvalue weighted by molar-refractivity contribution is -0.0555. The van der Waals surface area contributed by atoms with Crippen molar-refractivity contribution in [1.29, 1.82) is 0 Å². The smallest absolute Gasteiger partial charge is 0.351 e. The summed E-state index contributed by atoms with van der Waals surface area (Å²) in [5.41, 5.74) is -1.35. The van der Waals surface area contributed by atoms with Crippen LogP contribution >= 0.6 is 0 Å². The molecule has 1 aliphatic rings. The molecule has 6 heteroatoms. The molecule has 1 aromatic carbocycles. The Morgan fingerprint density at radius 3 is 2.56 bits per heavy atom. The van der Waals surface area contributed by atoms with Gasteiger partial charge in [0.2, 0.25) is 0 Å². The minimum absolute atomic E-state index is 0.00444. The Balaban J connectivity index is 0.000000208. The maximum absolute atomic E-state index is 12.9. The second kappa shape index (κ2) is 10.2. The van der Waals surface area contributed by atoms with E-state index < -0.39 is 28.5 Å². The lowest BCUT2D eigenvalue weighted by Crippen LogP contribution is -2.26. The van der Waals surface area contributed by atoms with Crippen LogP contribution in [0.5, 0.6) is 5.75 Å². The Bertz CT molecular complexity index is 823. The summed E-state index contributed by atoms with van der Waals surface area (Å²) in [4.78, 5) is 22.4. The molecule has 1 aliphatic heterocycles. The molecule has 5 nitrogen and oxygen atoms in total. The molecule has 1 unspecified atom stereocenters. The van der Waals surface area contributed by atoms with Gasteiger partial charge in [-0.2, -0.15) is 0 Å². The van der Waals surface area contributed by atoms with Gasteiger partial charge in [-0.25, -0.2) is 9.18 Å². The zero-order valence-corrected chi connectivity index (χ0v) is 15.9. The van der Waals surface area contributed by atoms with E-state index in [9.17, 15) is 19.1 Å². The average molecular weight is 378 g/mol. The lowest BCUT2D eigenvalue weighted by atomic mass is 10.0. The topological polar surface area (TPSA) is 76.7 Å². The zero-order valence-electron chi connectivity index (χ0n) is 15.9. The first-order valence-electron chi connectivity index (χ1n) is 9.52. The van der Waals surface area contributed by atoms with Crippen LogP contribution < -0.4 is 5.63 Å². The van der Waals surface area contributed by atoms with Gasteiger partial charge in [0, 0.05) is 6.61 Å². The van der Waals surface area contributed by atoms with E-state index >= 15 is 0 Å². The van der Waals surface area contributed by atoms with Gasteiger partial charge in [-0.3, -0.25) is 4.79 Å². The molecule has 2 aromatic rings. The quantitative estimate of drug-likeness (QED) is 0.418. The maximum Gasteiger partial charge on any atom is 0.351 e. The summed E-state index contributed by atoms with van der Waals surface area (Å²) >= 11 is 0. The summed E-state index contributed by atoms with van der Waals surface area (Å²) in [5.74, 6) is -1.76. The van der Waals surface area contributed by atoms with Gasteiger partial charge >= 0.3 is 5.63 Å². The molecule has 3 rings (SSSR count). The first-order valence-corrected chi connectivity index (χ1v) is 9.52. The highest BCUT2D eigenvalue weighted by atomic mass is 19.1. The van der Waals surface area contributed by atoms with Crippen molar-refractivity contribution in [2.75, 3.05) is 6.61 Å². The van der Waals surface area contributed by atoms with Gasteiger partial charge in [0.15, 0.2) is 5.78 Å². The fourth-order valence-corrected chi connectivity index (χ4v) is 2.96. The number of benzene rings is 1. The number of carbonyl (C=O) groups excluding carboxylic acids is 1. The molecule has 0 bridgehead atoms. The number of unbranched alkanes of at least 4 members (excludes halogenated alkanes) is 4. The molecule has 0 radical (unpaired) electrons. The van der Waals surface area contributed by atoms with Crippen molar-refractivity contribution < 1.29 is 23.4 Å². The van der Waals surface area contributed by atoms with Gasteiger partial charge in [-0.05, 0) is 38.0 Å². The average Bonchev–Trinajstić information content (AvgIpc) is 2.57. The third-order valence-corrected chi connectivity index (χ3v) is 4.62. The summed E-state index contributed by atoms with van der Waals surface area (Å²) in [6.07, 6.45) is 10.2. The molecule has 1 saturated heterocycles. The molecule has 0 amide bonds. The molecule has 0 spiro atoms. The largest absolute Gasteiger partial charge is 0.506 e. The van der Waals surface area contributed by atoms with Gasteiger partial charge in [0.1, 0.15) is 22.7 Å². The molecule has 1 aromatic heterocycles. The van der Waals surface area contributed by atoms with E-state index in [2.05, 4.69) is 6.92 Å². The van der Waals surface area contributed by atoms with Crippen LogP contribution in [0, 0.1) is 5.82 Å². The minimum Gasteiger partial charge on any atom is -0.506 e. The molecule has 1 fully saturated rings. The number of halogens is 1. The van der Waals surface area contributed by atoms with Crippen LogP contribution in [-0.2, 0) is 4.74 Å². The van der Waals surface area contributed by atoms with Crippen molar-refractivity contribution in [3.8, 4) is 5.75 Å². The summed E-state index contributed by atoms with van der Waals surface area (Å²) < 4.78 is 23.1. The van der Waals surface area contributed by atoms with Crippen LogP contribution in [-0.4, -0.2) is 23.6 Å². The summed E-state index contributed by atoms with van der Waals surface area (Å²) in [6.45, 7) is 4.39. The maximum atomic E-state index is 12.9. The third kappa shape index (κ3) is 5.89. The summed E-state index contributed by atoms with van der Waals surface area (Å²) in [7, 11) is 0. The fraction of sp³-hybridized carbons (Fsp3) is 0.524. The van der Waals surface area contributed by atoms with E-state index in [4.69, 9.17) is 9.15 Å². The summed E-state index contributed by atoms with van der Waals surface area (Å²) in [5, 5.41) is 9.68. The Morgan fingerprint density at radius 1 is 1.26 bits per heavy atom. The number of hydrogen-bond donors (Lipinski definition) is 1. The molecule has 27 heavy (non-hydrogen) atoms. The van der Waals surface area contributed by atoms with E-state index in [1.807, 2.05) is 0 Å². The second-order valence-corrected chi connectivity index (χ2v) is 6.79. The van der Waals surface area contributed by atoms with Crippen LogP contribution in [0.2, 0.25) is 0 Å². The molecule has 2 heterocycles. The van der Waals surface area contributed by atoms with Crippen molar-refractivity contribution in [3.05, 3.63) is 40.0 Å². The Hall–Kier alpha value is -2.21. The van der Waals surface area contributed by atoms with Crippen molar-refractivity contribution in [2.24, 2.45) is 0 Å². The number of Topliss-reactive ketones (excluding diaryl/α,β-unsaturated/α-hetero) is 1. The van der Waals surface area contributed by atoms with E-state index in [0.717, 1.165) is 25.7 Å². The first kappa shape index (κ1) is 21.1. The predicted octanol–water partition coefficient (Wildman–Crippen LogP) is 4.98. The Labute approximate surface area is 158 Å². The highest BCUT2D eigenvalue weighted by Crippen LogP contribution is 2.27. The van der Waals surface area contributed by atoms with Crippen LogP contribution in [0.1, 0.15) is 69.2 Å². The number of fused-ring (bicyclic) bond motifs is 1. The fourth-order valence-electron chi connectivity index (χ4n) is 2.96. The highest BCUT2D eigenvalue weighted by Gasteiger charge is 2.18. The standard InChI is InChI=1S/C11H7FO4.C10H20O/c1-5(13)9-10(14)7-4-6(12)2-3-8(7)16-11(9)15;1-2-3-4-5-6-7-10-8-9-11-10/h2-4,14H,1H3;10H,2-9H2,1H3. The number of carbonyl (C=O) groups is 1. The number of ether oxygens (including phenoxy) is 1. The number of hydrogen-bond acceptors (Lipinski definition) is 5. The number of aromatic hydroxyl groups is 1. The highest BCUT2D eigenvalue weighted by molar-refractivity contribution is 6.01. The SMILES string of the molecule is CC(=O)c1c(O)c2cc(F)ccc2oc1=O.CCCCCCCC1CCO1. The third-order valence-electron chi connectivity index (χ3n) is 4.62. The molecule has 1 atom stereocenters. The van der Waals surface area contributed by atoms with Crippen LogP contribution in [0.25, 0.3) is 11.0 Å². The van der Waals surface area contributed by atoms with Crippen LogP contribution in [0.4, 0.5) is 4.39 Å². The first-order chi connectivity index (χ1) is 12.9. The predicted molar refractivity (Wildman–Crippen MR) is 102 cm³/mol. The van der Waals surface area contributed by atoms with Gasteiger partial charge in [0.05, 0.1) is 11.5 Å². The minimum atomic E-state index is -0.927. The van der Waals surface area contributed by atoms with E-state index in [-0.39, 0.29) is 11.0 Å². The number of rotatable bonds is 7.